The summed E-state index contributed by atoms with van der Waals surface area (Å²) >= 11 is 0. The van der Waals surface area contributed by atoms with Gasteiger partial charge in [-0.15, -0.1) is 0 Å². The van der Waals surface area contributed by atoms with Gasteiger partial charge in [-0.3, -0.25) is 0 Å². The number of aromatic nitrogens is 2. The fourth-order valence-corrected chi connectivity index (χ4v) is 3.78. The van der Waals surface area contributed by atoms with Crippen molar-refractivity contribution in [2.24, 2.45) is 11.8 Å². The molecule has 0 aromatic carbocycles. The second-order valence-corrected chi connectivity index (χ2v) is 7.12. The first-order valence-electron chi connectivity index (χ1n) is 7.21. The highest BCUT2D eigenvalue weighted by Gasteiger charge is 2.26. The first-order valence-corrected chi connectivity index (χ1v) is 8.69. The number of hydrogen-bond acceptors (Lipinski definition) is 4. The van der Waals surface area contributed by atoms with Crippen molar-refractivity contribution in [1.82, 2.24) is 14.7 Å². The van der Waals surface area contributed by atoms with Crippen LogP contribution in [-0.2, 0) is 16.4 Å². The van der Waals surface area contributed by atoms with Gasteiger partial charge in [0, 0.05) is 19.6 Å². The van der Waals surface area contributed by atoms with Crippen molar-refractivity contribution in [3.63, 3.8) is 0 Å². The number of aryl methyl sites for hydroxylation is 1. The van der Waals surface area contributed by atoms with Crippen LogP contribution < -0.4 is 4.72 Å². The van der Waals surface area contributed by atoms with Crippen LogP contribution in [0.25, 0.3) is 0 Å². The second-order valence-electron chi connectivity index (χ2n) is 5.39. The van der Waals surface area contributed by atoms with Crippen molar-refractivity contribution in [1.29, 1.82) is 0 Å². The lowest BCUT2D eigenvalue weighted by atomic mass is 9.80. The van der Waals surface area contributed by atoms with Crippen LogP contribution in [0.5, 0.6) is 0 Å². The van der Waals surface area contributed by atoms with Crippen molar-refractivity contribution >= 4 is 10.0 Å². The number of H-pyrrole nitrogens is 1. The van der Waals surface area contributed by atoms with E-state index in [0.29, 0.717) is 18.8 Å². The lowest BCUT2D eigenvalue weighted by molar-refractivity contribution is 0.136. The molecule has 7 heteroatoms. The standard InChI is InChI=1S/C13H23N3O3S/c1-2-12-14-8-13(16-12)20(18,19)15-7-10-5-3-4-6-11(10)9-17/h8,10-11,15,17H,2-7,9H2,1H3,(H,14,16). The number of hydrogen-bond donors (Lipinski definition) is 3. The summed E-state index contributed by atoms with van der Waals surface area (Å²) in [6.07, 6.45) is 6.20. The molecule has 3 N–H and O–H groups in total. The number of aliphatic hydroxyl groups is 1. The minimum absolute atomic E-state index is 0.116. The van der Waals surface area contributed by atoms with E-state index in [1.807, 2.05) is 6.92 Å². The van der Waals surface area contributed by atoms with Crippen LogP contribution in [-0.4, -0.2) is 36.6 Å². The molecule has 2 rings (SSSR count). The van der Waals surface area contributed by atoms with Gasteiger partial charge in [0.25, 0.3) is 10.0 Å². The number of aromatic amines is 1. The molecule has 1 aromatic heterocycles. The topological polar surface area (TPSA) is 95.1 Å². The van der Waals surface area contributed by atoms with Crippen molar-refractivity contribution in [3.8, 4) is 0 Å². The van der Waals surface area contributed by atoms with Gasteiger partial charge in [-0.05, 0) is 24.7 Å². The number of imidazole rings is 1. The Morgan fingerprint density at radius 1 is 1.40 bits per heavy atom. The molecule has 1 fully saturated rings. The van der Waals surface area contributed by atoms with Gasteiger partial charge in [-0.2, -0.15) is 0 Å². The van der Waals surface area contributed by atoms with Crippen LogP contribution in [0.3, 0.4) is 0 Å². The van der Waals surface area contributed by atoms with Gasteiger partial charge >= 0.3 is 0 Å². The molecule has 6 nitrogen and oxygen atoms in total. The third-order valence-electron chi connectivity index (χ3n) is 4.07. The minimum atomic E-state index is -3.53. The molecular formula is C13H23N3O3S. The van der Waals surface area contributed by atoms with Crippen molar-refractivity contribution in [2.45, 2.75) is 44.1 Å². The summed E-state index contributed by atoms with van der Waals surface area (Å²) in [5.74, 6) is 1.09. The number of nitrogens with one attached hydrogen (secondary N) is 2. The first-order chi connectivity index (χ1) is 9.56. The molecule has 2 atom stereocenters. The Morgan fingerprint density at radius 3 is 2.70 bits per heavy atom. The maximum atomic E-state index is 12.2. The number of nitrogens with zero attached hydrogens (tertiary/aromatic N) is 1. The van der Waals surface area contributed by atoms with Gasteiger partial charge in [-0.1, -0.05) is 19.8 Å². The Morgan fingerprint density at radius 2 is 2.10 bits per heavy atom. The van der Waals surface area contributed by atoms with E-state index in [1.54, 1.807) is 0 Å². The predicted molar refractivity (Wildman–Crippen MR) is 75.7 cm³/mol. The Balaban J connectivity index is 1.98. The number of rotatable bonds is 6. The maximum absolute atomic E-state index is 12.2. The normalized spacial score (nSPS) is 23.9. The Kier molecular flexibility index (Phi) is 5.17. The van der Waals surface area contributed by atoms with Gasteiger partial charge in [0.2, 0.25) is 0 Å². The lowest BCUT2D eigenvalue weighted by Gasteiger charge is -2.30. The first kappa shape index (κ1) is 15.5. The highest BCUT2D eigenvalue weighted by Crippen LogP contribution is 2.29. The van der Waals surface area contributed by atoms with E-state index in [1.165, 1.54) is 6.20 Å². The fourth-order valence-electron chi connectivity index (χ4n) is 2.75. The summed E-state index contributed by atoms with van der Waals surface area (Å²) in [5.41, 5.74) is 0. The summed E-state index contributed by atoms with van der Waals surface area (Å²) in [6.45, 7) is 2.43. The molecule has 1 aliphatic carbocycles. The Hall–Kier alpha value is -0.920. The van der Waals surface area contributed by atoms with E-state index < -0.39 is 10.0 Å². The summed E-state index contributed by atoms with van der Waals surface area (Å²) in [7, 11) is -3.53. The molecule has 1 heterocycles. The number of sulfonamides is 1. The smallest absolute Gasteiger partial charge is 0.257 e. The van der Waals surface area contributed by atoms with E-state index in [2.05, 4.69) is 14.7 Å². The van der Waals surface area contributed by atoms with Gasteiger partial charge in [0.05, 0.1) is 6.20 Å². The molecule has 2 unspecified atom stereocenters. The maximum Gasteiger partial charge on any atom is 0.257 e. The van der Waals surface area contributed by atoms with Crippen LogP contribution in [0.4, 0.5) is 0 Å². The average Bonchev–Trinajstić information content (AvgIpc) is 2.95. The van der Waals surface area contributed by atoms with Crippen LogP contribution >= 0.6 is 0 Å². The quantitative estimate of drug-likeness (QED) is 0.732. The minimum Gasteiger partial charge on any atom is -0.396 e. The van der Waals surface area contributed by atoms with Crippen LogP contribution in [0.1, 0.15) is 38.4 Å². The van der Waals surface area contributed by atoms with Crippen LogP contribution in [0.2, 0.25) is 0 Å². The SMILES string of the molecule is CCc1ncc(S(=O)(=O)NCC2CCCCC2CO)[nH]1. The highest BCUT2D eigenvalue weighted by molar-refractivity contribution is 7.89. The molecule has 0 saturated heterocycles. The second kappa shape index (κ2) is 6.69. The molecule has 1 aliphatic rings. The molecule has 0 amide bonds. The highest BCUT2D eigenvalue weighted by atomic mass is 32.2. The van der Waals surface area contributed by atoms with Gasteiger partial charge < -0.3 is 10.1 Å². The fraction of sp³-hybridized carbons (Fsp3) is 0.769. The molecule has 0 bridgehead atoms. The van der Waals surface area contributed by atoms with E-state index in [9.17, 15) is 13.5 Å². The third-order valence-corrected chi connectivity index (χ3v) is 5.40. The van der Waals surface area contributed by atoms with Crippen molar-refractivity contribution in [2.75, 3.05) is 13.2 Å². The zero-order valence-electron chi connectivity index (χ0n) is 11.8. The molecule has 20 heavy (non-hydrogen) atoms. The van der Waals surface area contributed by atoms with Gasteiger partial charge in [0.15, 0.2) is 5.03 Å². The van der Waals surface area contributed by atoms with Gasteiger partial charge in [-0.25, -0.2) is 18.1 Å². The average molecular weight is 301 g/mol. The largest absolute Gasteiger partial charge is 0.396 e. The molecule has 0 aliphatic heterocycles. The van der Waals surface area contributed by atoms with Crippen molar-refractivity contribution in [3.05, 3.63) is 12.0 Å². The number of aliphatic hydroxyl groups excluding tert-OH is 1. The zero-order chi connectivity index (χ0) is 14.6. The third kappa shape index (κ3) is 3.59. The molecule has 0 spiro atoms. The summed E-state index contributed by atoms with van der Waals surface area (Å²) in [6, 6.07) is 0. The Labute approximate surface area is 120 Å². The summed E-state index contributed by atoms with van der Waals surface area (Å²) in [5, 5.41) is 9.47. The van der Waals surface area contributed by atoms with Crippen LogP contribution in [0, 0.1) is 11.8 Å². The lowest BCUT2D eigenvalue weighted by Crippen LogP contribution is -2.35. The molecule has 114 valence electrons. The Bertz CT molecular complexity index is 527. The monoisotopic (exact) mass is 301 g/mol. The molecule has 0 radical (unpaired) electrons. The van der Waals surface area contributed by atoms with Gasteiger partial charge in [0.1, 0.15) is 5.82 Å². The van der Waals surface area contributed by atoms with E-state index in [-0.39, 0.29) is 23.5 Å². The molecular weight excluding hydrogens is 278 g/mol. The molecule has 1 saturated carbocycles. The van der Waals surface area contributed by atoms with E-state index in [4.69, 9.17) is 0 Å². The van der Waals surface area contributed by atoms with E-state index >= 15 is 0 Å². The summed E-state index contributed by atoms with van der Waals surface area (Å²) < 4.78 is 26.9. The predicted octanol–water partition coefficient (Wildman–Crippen LogP) is 1.05. The summed E-state index contributed by atoms with van der Waals surface area (Å²) in [4.78, 5) is 6.82. The zero-order valence-corrected chi connectivity index (χ0v) is 12.6. The van der Waals surface area contributed by atoms with Crippen LogP contribution in [0.15, 0.2) is 11.2 Å². The van der Waals surface area contributed by atoms with Crippen molar-refractivity contribution < 1.29 is 13.5 Å². The molecule has 1 aromatic rings. The van der Waals surface area contributed by atoms with E-state index in [0.717, 1.165) is 25.7 Å².